The molecule has 0 unspecified atom stereocenters. The molecule has 1 N–H and O–H groups in total. The van der Waals surface area contributed by atoms with Crippen LogP contribution in [0.3, 0.4) is 0 Å². The van der Waals surface area contributed by atoms with Gasteiger partial charge >= 0.3 is 0 Å². The lowest BCUT2D eigenvalue weighted by atomic mass is 10.1. The maximum atomic E-state index is 12.2. The van der Waals surface area contributed by atoms with Gasteiger partial charge in [-0.25, -0.2) is 0 Å². The second-order valence-corrected chi connectivity index (χ2v) is 5.92. The summed E-state index contributed by atoms with van der Waals surface area (Å²) in [4.78, 5) is 12.2. The van der Waals surface area contributed by atoms with Crippen LogP contribution in [0.4, 0.5) is 0 Å². The van der Waals surface area contributed by atoms with Gasteiger partial charge in [0.25, 0.3) is 5.91 Å². The highest BCUT2D eigenvalue weighted by Gasteiger charge is 2.08. The number of carbonyl (C=O) groups is 1. The number of hydrogen-bond donors (Lipinski definition) is 1. The predicted molar refractivity (Wildman–Crippen MR) is 94.8 cm³/mol. The third-order valence-electron chi connectivity index (χ3n) is 4.25. The quantitative estimate of drug-likeness (QED) is 0.708. The summed E-state index contributed by atoms with van der Waals surface area (Å²) in [6.07, 6.45) is 0.914. The van der Waals surface area contributed by atoms with E-state index in [0.29, 0.717) is 6.54 Å². The first-order chi connectivity index (χ1) is 11.2. The van der Waals surface area contributed by atoms with Crippen molar-refractivity contribution in [2.45, 2.75) is 26.8 Å². The molecule has 2 aromatic carbocycles. The molecule has 3 aromatic rings. The molecule has 0 saturated heterocycles. The van der Waals surface area contributed by atoms with E-state index in [2.05, 4.69) is 47.1 Å². The third-order valence-corrected chi connectivity index (χ3v) is 4.25. The minimum atomic E-state index is 0.0113. The predicted octanol–water partition coefficient (Wildman–Crippen LogP) is 4.08. The number of aromatic nitrogens is 1. The summed E-state index contributed by atoms with van der Waals surface area (Å²) in [7, 11) is 0. The number of rotatable bonds is 5. The molecule has 0 atom stereocenters. The summed E-state index contributed by atoms with van der Waals surface area (Å²) in [6.45, 7) is 5.68. The Balaban J connectivity index is 1.58. The maximum absolute atomic E-state index is 12.2. The summed E-state index contributed by atoms with van der Waals surface area (Å²) in [6, 6.07) is 18.3. The number of fused-ring (bicyclic) bond motifs is 1. The van der Waals surface area contributed by atoms with E-state index in [9.17, 15) is 4.79 Å². The fourth-order valence-corrected chi connectivity index (χ4v) is 3.01. The maximum Gasteiger partial charge on any atom is 0.251 e. The number of carbonyl (C=O) groups excluding carboxylic acids is 1. The van der Waals surface area contributed by atoms with Gasteiger partial charge in [0.05, 0.1) is 0 Å². The second kappa shape index (κ2) is 6.69. The van der Waals surface area contributed by atoms with Crippen molar-refractivity contribution < 1.29 is 4.79 Å². The Morgan fingerprint density at radius 2 is 1.78 bits per heavy atom. The fraction of sp³-hybridized carbons (Fsp3) is 0.250. The van der Waals surface area contributed by atoms with Crippen molar-refractivity contribution in [3.8, 4) is 0 Å². The third kappa shape index (κ3) is 3.29. The van der Waals surface area contributed by atoms with E-state index < -0.39 is 0 Å². The molecule has 23 heavy (non-hydrogen) atoms. The lowest BCUT2D eigenvalue weighted by molar-refractivity contribution is 0.0952. The van der Waals surface area contributed by atoms with Gasteiger partial charge in [-0.15, -0.1) is 0 Å². The first kappa shape index (κ1) is 15.3. The Morgan fingerprint density at radius 3 is 2.61 bits per heavy atom. The molecule has 3 nitrogen and oxygen atoms in total. The Hall–Kier alpha value is -2.55. The molecule has 1 heterocycles. The van der Waals surface area contributed by atoms with E-state index in [4.69, 9.17) is 0 Å². The molecule has 0 aliphatic heterocycles. The molecule has 1 aromatic heterocycles. The number of para-hydroxylation sites is 1. The minimum Gasteiger partial charge on any atom is -0.352 e. The minimum absolute atomic E-state index is 0.0113. The molecule has 0 radical (unpaired) electrons. The van der Waals surface area contributed by atoms with Crippen LogP contribution in [0.25, 0.3) is 10.9 Å². The lowest BCUT2D eigenvalue weighted by Gasteiger charge is -2.10. The topological polar surface area (TPSA) is 34.0 Å². The number of benzene rings is 2. The SMILES string of the molecule is Cc1ccccc1C(=O)NCCCn1c(C)cc2ccccc21. The van der Waals surface area contributed by atoms with Crippen molar-refractivity contribution in [2.75, 3.05) is 6.54 Å². The smallest absolute Gasteiger partial charge is 0.251 e. The number of nitrogens with one attached hydrogen (secondary N) is 1. The van der Waals surface area contributed by atoms with E-state index in [0.717, 1.165) is 24.1 Å². The van der Waals surface area contributed by atoms with Crippen molar-refractivity contribution in [1.82, 2.24) is 9.88 Å². The Kier molecular flexibility index (Phi) is 4.47. The average Bonchev–Trinajstić information content (AvgIpc) is 2.87. The van der Waals surface area contributed by atoms with Crippen molar-refractivity contribution >= 4 is 16.8 Å². The second-order valence-electron chi connectivity index (χ2n) is 5.92. The van der Waals surface area contributed by atoms with Gasteiger partial charge in [-0.2, -0.15) is 0 Å². The lowest BCUT2D eigenvalue weighted by Crippen LogP contribution is -2.26. The van der Waals surface area contributed by atoms with Gasteiger partial charge in [-0.3, -0.25) is 4.79 Å². The molecule has 0 aliphatic rings. The van der Waals surface area contributed by atoms with Crippen LogP contribution < -0.4 is 5.32 Å². The highest BCUT2D eigenvalue weighted by atomic mass is 16.1. The molecular formula is C20H22N2O. The summed E-state index contributed by atoms with van der Waals surface area (Å²) < 4.78 is 2.31. The van der Waals surface area contributed by atoms with Gasteiger partial charge in [-0.1, -0.05) is 36.4 Å². The molecule has 0 spiro atoms. The summed E-state index contributed by atoms with van der Waals surface area (Å²) in [5.41, 5.74) is 4.29. The highest BCUT2D eigenvalue weighted by Crippen LogP contribution is 2.19. The van der Waals surface area contributed by atoms with Crippen molar-refractivity contribution in [3.05, 3.63) is 71.4 Å². The molecule has 0 fully saturated rings. The van der Waals surface area contributed by atoms with Crippen LogP contribution in [-0.2, 0) is 6.54 Å². The fourth-order valence-electron chi connectivity index (χ4n) is 3.01. The monoisotopic (exact) mass is 306 g/mol. The standard InChI is InChI=1S/C20H22N2O/c1-15-8-3-5-10-18(15)20(23)21-12-7-13-22-16(2)14-17-9-4-6-11-19(17)22/h3-6,8-11,14H,7,12-13H2,1-2H3,(H,21,23). The molecule has 0 saturated carbocycles. The molecule has 118 valence electrons. The van der Waals surface area contributed by atoms with Gasteiger partial charge in [0.15, 0.2) is 0 Å². The number of nitrogens with zero attached hydrogens (tertiary/aromatic N) is 1. The zero-order valence-corrected chi connectivity index (χ0v) is 13.7. The normalized spacial score (nSPS) is 10.9. The number of aryl methyl sites for hydroxylation is 3. The van der Waals surface area contributed by atoms with E-state index in [1.165, 1.54) is 16.6 Å². The Labute approximate surface area is 136 Å². The first-order valence-electron chi connectivity index (χ1n) is 8.05. The number of hydrogen-bond acceptors (Lipinski definition) is 1. The van der Waals surface area contributed by atoms with E-state index in [-0.39, 0.29) is 5.91 Å². The first-order valence-corrected chi connectivity index (χ1v) is 8.05. The van der Waals surface area contributed by atoms with Gasteiger partial charge in [-0.05, 0) is 49.4 Å². The van der Waals surface area contributed by atoms with Gasteiger partial charge in [0.1, 0.15) is 0 Å². The molecule has 0 aliphatic carbocycles. The van der Waals surface area contributed by atoms with Crippen molar-refractivity contribution in [2.24, 2.45) is 0 Å². The number of amides is 1. The van der Waals surface area contributed by atoms with Crippen LogP contribution in [0.15, 0.2) is 54.6 Å². The van der Waals surface area contributed by atoms with Crippen LogP contribution in [-0.4, -0.2) is 17.0 Å². The van der Waals surface area contributed by atoms with Gasteiger partial charge in [0, 0.05) is 29.9 Å². The molecule has 3 rings (SSSR count). The Bertz CT molecular complexity index is 833. The van der Waals surface area contributed by atoms with Gasteiger partial charge in [0.2, 0.25) is 0 Å². The molecule has 3 heteroatoms. The summed E-state index contributed by atoms with van der Waals surface area (Å²) in [5, 5.41) is 4.29. The zero-order chi connectivity index (χ0) is 16.2. The van der Waals surface area contributed by atoms with Gasteiger partial charge < -0.3 is 9.88 Å². The van der Waals surface area contributed by atoms with Crippen LogP contribution in [0, 0.1) is 13.8 Å². The zero-order valence-electron chi connectivity index (χ0n) is 13.7. The Morgan fingerprint density at radius 1 is 1.04 bits per heavy atom. The van der Waals surface area contributed by atoms with Crippen LogP contribution in [0.5, 0.6) is 0 Å². The van der Waals surface area contributed by atoms with Crippen LogP contribution >= 0.6 is 0 Å². The van der Waals surface area contributed by atoms with Crippen LogP contribution in [0.1, 0.15) is 28.0 Å². The molecular weight excluding hydrogens is 284 g/mol. The molecule has 1 amide bonds. The summed E-state index contributed by atoms with van der Waals surface area (Å²) >= 11 is 0. The van der Waals surface area contributed by atoms with Crippen molar-refractivity contribution in [3.63, 3.8) is 0 Å². The average molecular weight is 306 g/mol. The van der Waals surface area contributed by atoms with E-state index in [1.807, 2.05) is 31.2 Å². The van der Waals surface area contributed by atoms with Crippen LogP contribution in [0.2, 0.25) is 0 Å². The van der Waals surface area contributed by atoms with E-state index in [1.54, 1.807) is 0 Å². The molecule has 0 bridgehead atoms. The van der Waals surface area contributed by atoms with Crippen molar-refractivity contribution in [1.29, 1.82) is 0 Å². The highest BCUT2D eigenvalue weighted by molar-refractivity contribution is 5.95. The summed E-state index contributed by atoms with van der Waals surface area (Å²) in [5.74, 6) is 0.0113. The largest absolute Gasteiger partial charge is 0.352 e. The van der Waals surface area contributed by atoms with E-state index >= 15 is 0 Å².